The number of aromatic nitrogens is 2. The first-order valence-corrected chi connectivity index (χ1v) is 7.70. The molecule has 3 aromatic rings. The Morgan fingerprint density at radius 2 is 1.04 bits per heavy atom. The predicted molar refractivity (Wildman–Crippen MR) is 98.3 cm³/mol. The molecule has 1 aromatic carbocycles. The SMILES string of the molecule is Cc1ccncc1.Cc1ccncc1.O=C(O)c1cccc(C(=O)O)c1. The highest BCUT2D eigenvalue weighted by atomic mass is 16.4. The normalized spacial score (nSPS) is 9.00. The average Bonchev–Trinajstić information content (AvgIpc) is 2.64. The van der Waals surface area contributed by atoms with E-state index in [9.17, 15) is 9.59 Å². The molecule has 0 aliphatic carbocycles. The van der Waals surface area contributed by atoms with Crippen molar-refractivity contribution in [2.75, 3.05) is 0 Å². The lowest BCUT2D eigenvalue weighted by molar-refractivity contribution is 0.0696. The largest absolute Gasteiger partial charge is 0.478 e. The maximum Gasteiger partial charge on any atom is 0.335 e. The molecule has 0 amide bonds. The zero-order valence-corrected chi connectivity index (χ0v) is 14.5. The number of carboxylic acid groups (broad SMARTS) is 2. The average molecular weight is 352 g/mol. The van der Waals surface area contributed by atoms with E-state index >= 15 is 0 Å². The number of benzene rings is 1. The smallest absolute Gasteiger partial charge is 0.335 e. The number of pyridine rings is 2. The molecule has 2 N–H and O–H groups in total. The van der Waals surface area contributed by atoms with Gasteiger partial charge in [-0.25, -0.2) is 9.59 Å². The number of aromatic carboxylic acids is 2. The van der Waals surface area contributed by atoms with Crippen molar-refractivity contribution < 1.29 is 19.8 Å². The lowest BCUT2D eigenvalue weighted by Gasteiger charge is -1.95. The summed E-state index contributed by atoms with van der Waals surface area (Å²) < 4.78 is 0. The van der Waals surface area contributed by atoms with E-state index in [-0.39, 0.29) is 11.1 Å². The van der Waals surface area contributed by atoms with Crippen LogP contribution >= 0.6 is 0 Å². The van der Waals surface area contributed by atoms with Crippen LogP contribution in [-0.4, -0.2) is 32.1 Å². The van der Waals surface area contributed by atoms with Gasteiger partial charge in [-0.15, -0.1) is 0 Å². The monoisotopic (exact) mass is 352 g/mol. The summed E-state index contributed by atoms with van der Waals surface area (Å²) >= 11 is 0. The van der Waals surface area contributed by atoms with Crippen LogP contribution in [0.2, 0.25) is 0 Å². The number of carbonyl (C=O) groups is 2. The van der Waals surface area contributed by atoms with Crippen LogP contribution in [0.4, 0.5) is 0 Å². The van der Waals surface area contributed by atoms with Gasteiger partial charge in [-0.3, -0.25) is 9.97 Å². The minimum absolute atomic E-state index is 0.0186. The van der Waals surface area contributed by atoms with Crippen LogP contribution < -0.4 is 0 Å². The van der Waals surface area contributed by atoms with Crippen LogP contribution in [0.1, 0.15) is 31.8 Å². The van der Waals surface area contributed by atoms with Crippen molar-refractivity contribution >= 4 is 11.9 Å². The molecular weight excluding hydrogens is 332 g/mol. The number of nitrogens with zero attached hydrogens (tertiary/aromatic N) is 2. The first-order chi connectivity index (χ1) is 12.4. The van der Waals surface area contributed by atoms with Gasteiger partial charge in [0, 0.05) is 24.8 Å². The van der Waals surface area contributed by atoms with Gasteiger partial charge in [0.1, 0.15) is 0 Å². The molecule has 0 bridgehead atoms. The molecule has 134 valence electrons. The minimum Gasteiger partial charge on any atom is -0.478 e. The van der Waals surface area contributed by atoms with Crippen molar-refractivity contribution in [3.63, 3.8) is 0 Å². The molecule has 26 heavy (non-hydrogen) atoms. The van der Waals surface area contributed by atoms with Gasteiger partial charge < -0.3 is 10.2 Å². The summed E-state index contributed by atoms with van der Waals surface area (Å²) in [6.45, 7) is 4.09. The van der Waals surface area contributed by atoms with Crippen LogP contribution in [0.5, 0.6) is 0 Å². The molecule has 0 radical (unpaired) electrons. The van der Waals surface area contributed by atoms with Crippen molar-refractivity contribution in [1.82, 2.24) is 9.97 Å². The summed E-state index contributed by atoms with van der Waals surface area (Å²) in [5, 5.41) is 17.0. The summed E-state index contributed by atoms with van der Waals surface area (Å²) in [6, 6.07) is 13.1. The molecule has 3 rings (SSSR count). The second-order valence-electron chi connectivity index (χ2n) is 5.24. The van der Waals surface area contributed by atoms with Crippen molar-refractivity contribution in [2.45, 2.75) is 13.8 Å². The predicted octanol–water partition coefficient (Wildman–Crippen LogP) is 3.86. The van der Waals surface area contributed by atoms with E-state index in [2.05, 4.69) is 9.97 Å². The fraction of sp³-hybridized carbons (Fsp3) is 0.100. The van der Waals surface area contributed by atoms with E-state index in [1.807, 2.05) is 38.1 Å². The van der Waals surface area contributed by atoms with E-state index in [4.69, 9.17) is 10.2 Å². The molecule has 0 fully saturated rings. The van der Waals surface area contributed by atoms with Gasteiger partial charge in [0.15, 0.2) is 0 Å². The third kappa shape index (κ3) is 8.35. The Kier molecular flexibility index (Phi) is 8.75. The zero-order valence-electron chi connectivity index (χ0n) is 14.5. The Hall–Kier alpha value is -3.54. The molecule has 0 aliphatic rings. The number of carboxylic acids is 2. The molecule has 0 saturated heterocycles. The second-order valence-corrected chi connectivity index (χ2v) is 5.24. The topological polar surface area (TPSA) is 100 Å². The highest BCUT2D eigenvalue weighted by molar-refractivity contribution is 5.93. The molecule has 2 aromatic heterocycles. The van der Waals surface area contributed by atoms with Gasteiger partial charge in [0.25, 0.3) is 0 Å². The zero-order chi connectivity index (χ0) is 19.4. The number of hydrogen-bond donors (Lipinski definition) is 2. The fourth-order valence-corrected chi connectivity index (χ4v) is 1.64. The lowest BCUT2D eigenvalue weighted by Crippen LogP contribution is -2.01. The maximum atomic E-state index is 10.4. The lowest BCUT2D eigenvalue weighted by atomic mass is 10.1. The Bertz CT molecular complexity index is 755. The Morgan fingerprint density at radius 1 is 0.692 bits per heavy atom. The Labute approximate surface area is 151 Å². The van der Waals surface area contributed by atoms with Gasteiger partial charge in [0.05, 0.1) is 11.1 Å². The van der Waals surface area contributed by atoms with E-state index in [0.717, 1.165) is 6.07 Å². The van der Waals surface area contributed by atoms with Gasteiger partial charge >= 0.3 is 11.9 Å². The molecule has 2 heterocycles. The highest BCUT2D eigenvalue weighted by Gasteiger charge is 2.06. The van der Waals surface area contributed by atoms with E-state index in [1.165, 1.54) is 29.3 Å². The summed E-state index contributed by atoms with van der Waals surface area (Å²) in [5.41, 5.74) is 2.48. The van der Waals surface area contributed by atoms with Crippen molar-refractivity contribution in [1.29, 1.82) is 0 Å². The Morgan fingerprint density at radius 3 is 1.27 bits per heavy atom. The summed E-state index contributed by atoms with van der Waals surface area (Å²) in [6.07, 6.45) is 7.15. The molecule has 0 aliphatic heterocycles. The number of hydrogen-bond acceptors (Lipinski definition) is 4. The van der Waals surface area contributed by atoms with Crippen LogP contribution in [0, 0.1) is 13.8 Å². The summed E-state index contributed by atoms with van der Waals surface area (Å²) in [4.78, 5) is 28.5. The van der Waals surface area contributed by atoms with Crippen molar-refractivity contribution in [2.24, 2.45) is 0 Å². The van der Waals surface area contributed by atoms with E-state index in [0.29, 0.717) is 0 Å². The van der Waals surface area contributed by atoms with Gasteiger partial charge in [-0.05, 0) is 67.4 Å². The first kappa shape index (κ1) is 20.5. The summed E-state index contributed by atoms with van der Waals surface area (Å²) in [7, 11) is 0. The van der Waals surface area contributed by atoms with Gasteiger partial charge in [0.2, 0.25) is 0 Å². The third-order valence-corrected chi connectivity index (χ3v) is 3.05. The fourth-order valence-electron chi connectivity index (χ4n) is 1.64. The van der Waals surface area contributed by atoms with Crippen molar-refractivity contribution in [3.05, 3.63) is 95.6 Å². The minimum atomic E-state index is -1.13. The molecule has 6 nitrogen and oxygen atoms in total. The molecular formula is C20H20N2O4. The molecule has 0 spiro atoms. The maximum absolute atomic E-state index is 10.4. The van der Waals surface area contributed by atoms with Gasteiger partial charge in [-0.1, -0.05) is 6.07 Å². The van der Waals surface area contributed by atoms with Gasteiger partial charge in [-0.2, -0.15) is 0 Å². The number of aryl methyl sites for hydroxylation is 2. The second kappa shape index (κ2) is 11.1. The first-order valence-electron chi connectivity index (χ1n) is 7.70. The highest BCUT2D eigenvalue weighted by Crippen LogP contribution is 2.04. The van der Waals surface area contributed by atoms with Crippen molar-refractivity contribution in [3.8, 4) is 0 Å². The third-order valence-electron chi connectivity index (χ3n) is 3.05. The van der Waals surface area contributed by atoms with Crippen LogP contribution in [0.3, 0.4) is 0 Å². The van der Waals surface area contributed by atoms with Crippen LogP contribution in [0.15, 0.2) is 73.3 Å². The van der Waals surface area contributed by atoms with Crippen LogP contribution in [-0.2, 0) is 0 Å². The quantitative estimate of drug-likeness (QED) is 0.726. The molecule has 0 saturated carbocycles. The van der Waals surface area contributed by atoms with Crippen LogP contribution in [0.25, 0.3) is 0 Å². The van der Waals surface area contributed by atoms with E-state index in [1.54, 1.807) is 24.8 Å². The van der Waals surface area contributed by atoms with E-state index < -0.39 is 11.9 Å². The standard InChI is InChI=1S/C8H6O4.2C6H7N/c9-7(10)5-2-1-3-6(4-5)8(11)12;2*1-6-2-4-7-5-3-6/h1-4H,(H,9,10)(H,11,12);2*2-5H,1H3. The molecule has 6 heteroatoms. The Balaban J connectivity index is 0.000000207. The molecule has 0 atom stereocenters. The molecule has 0 unspecified atom stereocenters. The summed E-state index contributed by atoms with van der Waals surface area (Å²) in [5.74, 6) is -2.25. The number of rotatable bonds is 2.